The molecule has 3 atom stereocenters. The number of nitrogens with zero attached hydrogens (tertiary/aromatic N) is 2. The lowest BCUT2D eigenvalue weighted by atomic mass is 10.1. The van der Waals surface area contributed by atoms with Crippen molar-refractivity contribution in [1.82, 2.24) is 14.1 Å². The molecule has 2 bridgehead atoms. The molecule has 0 radical (unpaired) electrons. The SMILES string of the molecule is CCCSc1nsnc1OC1C2CCC1NC2. The Bertz CT molecular complexity index is 365. The van der Waals surface area contributed by atoms with E-state index in [4.69, 9.17) is 4.74 Å². The van der Waals surface area contributed by atoms with Crippen molar-refractivity contribution in [3.63, 3.8) is 0 Å². The summed E-state index contributed by atoms with van der Waals surface area (Å²) in [5.41, 5.74) is 0. The Hall–Kier alpha value is -0.330. The lowest BCUT2D eigenvalue weighted by Gasteiger charge is -2.15. The number of aromatic nitrogens is 2. The van der Waals surface area contributed by atoms with Gasteiger partial charge in [-0.25, -0.2) is 0 Å². The number of hydrogen-bond donors (Lipinski definition) is 1. The maximum absolute atomic E-state index is 6.08. The van der Waals surface area contributed by atoms with Crippen LogP contribution in [-0.4, -0.2) is 33.2 Å². The molecule has 2 heterocycles. The summed E-state index contributed by atoms with van der Waals surface area (Å²) in [7, 11) is 0. The average Bonchev–Trinajstić information content (AvgIpc) is 3.05. The van der Waals surface area contributed by atoms with E-state index < -0.39 is 0 Å². The number of ether oxygens (including phenoxy) is 1. The lowest BCUT2D eigenvalue weighted by molar-refractivity contribution is 0.166. The normalized spacial score (nSPS) is 31.0. The minimum atomic E-state index is 0.319. The summed E-state index contributed by atoms with van der Waals surface area (Å²) < 4.78 is 14.7. The highest BCUT2D eigenvalue weighted by Gasteiger charge is 2.43. The van der Waals surface area contributed by atoms with E-state index in [1.54, 1.807) is 11.8 Å². The first kappa shape index (κ1) is 11.7. The second kappa shape index (κ2) is 5.12. The van der Waals surface area contributed by atoms with E-state index >= 15 is 0 Å². The summed E-state index contributed by atoms with van der Waals surface area (Å²) in [6, 6.07) is 0.533. The van der Waals surface area contributed by atoms with Crippen molar-refractivity contribution in [2.24, 2.45) is 5.92 Å². The monoisotopic (exact) mass is 271 g/mol. The molecule has 94 valence electrons. The largest absolute Gasteiger partial charge is 0.470 e. The highest BCUT2D eigenvalue weighted by atomic mass is 32.2. The van der Waals surface area contributed by atoms with Crippen molar-refractivity contribution in [2.45, 2.75) is 43.4 Å². The fourth-order valence-corrected chi connectivity index (χ4v) is 4.01. The number of piperidine rings is 1. The fraction of sp³-hybridized carbons (Fsp3) is 0.818. The van der Waals surface area contributed by atoms with Crippen LogP contribution in [0.25, 0.3) is 0 Å². The lowest BCUT2D eigenvalue weighted by Crippen LogP contribution is -2.31. The zero-order valence-electron chi connectivity index (χ0n) is 9.89. The van der Waals surface area contributed by atoms with Crippen LogP contribution >= 0.6 is 23.5 Å². The molecule has 3 unspecified atom stereocenters. The molecule has 6 heteroatoms. The Labute approximate surface area is 110 Å². The zero-order valence-corrected chi connectivity index (χ0v) is 11.5. The molecule has 1 aromatic heterocycles. The van der Waals surface area contributed by atoms with E-state index in [0.29, 0.717) is 18.1 Å². The van der Waals surface area contributed by atoms with E-state index in [0.717, 1.165) is 29.6 Å². The molecule has 2 fully saturated rings. The fourth-order valence-electron chi connectivity index (χ4n) is 2.63. The minimum absolute atomic E-state index is 0.319. The molecule has 3 rings (SSSR count). The summed E-state index contributed by atoms with van der Waals surface area (Å²) in [4.78, 5) is 0. The number of fused-ring (bicyclic) bond motifs is 2. The van der Waals surface area contributed by atoms with E-state index in [1.165, 1.54) is 24.6 Å². The van der Waals surface area contributed by atoms with Crippen LogP contribution in [0.5, 0.6) is 5.88 Å². The molecule has 1 N–H and O–H groups in total. The van der Waals surface area contributed by atoms with Gasteiger partial charge in [0.15, 0.2) is 5.03 Å². The van der Waals surface area contributed by atoms with Gasteiger partial charge in [0.2, 0.25) is 0 Å². The highest BCUT2D eigenvalue weighted by molar-refractivity contribution is 7.99. The van der Waals surface area contributed by atoms with Crippen molar-refractivity contribution >= 4 is 23.5 Å². The predicted molar refractivity (Wildman–Crippen MR) is 69.9 cm³/mol. The van der Waals surface area contributed by atoms with Crippen LogP contribution < -0.4 is 10.1 Å². The predicted octanol–water partition coefficient (Wildman–Crippen LogP) is 2.17. The van der Waals surface area contributed by atoms with Gasteiger partial charge in [-0.2, -0.15) is 4.37 Å². The molecule has 0 spiro atoms. The second-order valence-corrected chi connectivity index (χ2v) is 6.27. The van der Waals surface area contributed by atoms with Gasteiger partial charge in [-0.15, -0.1) is 4.37 Å². The van der Waals surface area contributed by atoms with Gasteiger partial charge in [0.05, 0.1) is 11.7 Å². The molecule has 1 aromatic rings. The summed E-state index contributed by atoms with van der Waals surface area (Å²) >= 11 is 3.01. The molecule has 2 aliphatic rings. The molecule has 0 amide bonds. The summed E-state index contributed by atoms with van der Waals surface area (Å²) in [6.45, 7) is 3.28. The van der Waals surface area contributed by atoms with Gasteiger partial charge in [-0.05, 0) is 25.0 Å². The van der Waals surface area contributed by atoms with Crippen molar-refractivity contribution in [3.8, 4) is 5.88 Å². The molecular formula is C11H17N3OS2. The molecule has 4 nitrogen and oxygen atoms in total. The second-order valence-electron chi connectivity index (χ2n) is 4.66. The van der Waals surface area contributed by atoms with Gasteiger partial charge < -0.3 is 10.1 Å². The van der Waals surface area contributed by atoms with Gasteiger partial charge in [-0.1, -0.05) is 18.7 Å². The van der Waals surface area contributed by atoms with Gasteiger partial charge >= 0.3 is 0 Å². The van der Waals surface area contributed by atoms with Crippen LogP contribution in [0, 0.1) is 5.92 Å². The van der Waals surface area contributed by atoms with Gasteiger partial charge in [0, 0.05) is 18.5 Å². The Kier molecular flexibility index (Phi) is 3.54. The number of nitrogens with one attached hydrogen (secondary N) is 1. The number of thioether (sulfide) groups is 1. The Morgan fingerprint density at radius 2 is 2.41 bits per heavy atom. The Morgan fingerprint density at radius 3 is 3.06 bits per heavy atom. The minimum Gasteiger partial charge on any atom is -0.470 e. The Morgan fingerprint density at radius 1 is 1.47 bits per heavy atom. The first-order valence-electron chi connectivity index (χ1n) is 6.24. The smallest absolute Gasteiger partial charge is 0.260 e. The van der Waals surface area contributed by atoms with Crippen LogP contribution in [0.2, 0.25) is 0 Å². The number of rotatable bonds is 5. The average molecular weight is 271 g/mol. The molecule has 0 aromatic carbocycles. The van der Waals surface area contributed by atoms with Crippen molar-refractivity contribution in [1.29, 1.82) is 0 Å². The highest BCUT2D eigenvalue weighted by Crippen LogP contribution is 2.36. The van der Waals surface area contributed by atoms with Crippen molar-refractivity contribution < 1.29 is 4.74 Å². The van der Waals surface area contributed by atoms with Crippen LogP contribution in [0.4, 0.5) is 0 Å². The zero-order chi connectivity index (χ0) is 11.7. The molecule has 17 heavy (non-hydrogen) atoms. The first-order valence-corrected chi connectivity index (χ1v) is 7.95. The maximum Gasteiger partial charge on any atom is 0.260 e. The third-order valence-electron chi connectivity index (χ3n) is 3.47. The molecule has 1 aliphatic heterocycles. The van der Waals surface area contributed by atoms with Crippen LogP contribution in [0.15, 0.2) is 5.03 Å². The summed E-state index contributed by atoms with van der Waals surface area (Å²) in [5.74, 6) is 2.52. The first-order chi connectivity index (χ1) is 8.38. The van der Waals surface area contributed by atoms with E-state index in [2.05, 4.69) is 21.0 Å². The summed E-state index contributed by atoms with van der Waals surface area (Å²) in [6.07, 6.45) is 4.00. The summed E-state index contributed by atoms with van der Waals surface area (Å²) in [5, 5.41) is 4.48. The van der Waals surface area contributed by atoms with Gasteiger partial charge in [-0.3, -0.25) is 0 Å². The van der Waals surface area contributed by atoms with E-state index in [1.807, 2.05) is 0 Å². The third-order valence-corrected chi connectivity index (χ3v) is 5.25. The van der Waals surface area contributed by atoms with E-state index in [-0.39, 0.29) is 0 Å². The van der Waals surface area contributed by atoms with Gasteiger partial charge in [0.25, 0.3) is 5.88 Å². The number of hydrogen-bond acceptors (Lipinski definition) is 6. The van der Waals surface area contributed by atoms with E-state index in [9.17, 15) is 0 Å². The van der Waals surface area contributed by atoms with Crippen LogP contribution in [-0.2, 0) is 0 Å². The maximum atomic E-state index is 6.08. The molecule has 1 saturated carbocycles. The quantitative estimate of drug-likeness (QED) is 0.832. The Balaban J connectivity index is 1.66. The van der Waals surface area contributed by atoms with Crippen LogP contribution in [0.3, 0.4) is 0 Å². The van der Waals surface area contributed by atoms with Crippen molar-refractivity contribution in [2.75, 3.05) is 12.3 Å². The molecule has 1 aliphatic carbocycles. The van der Waals surface area contributed by atoms with Gasteiger partial charge in [0.1, 0.15) is 6.10 Å². The van der Waals surface area contributed by atoms with Crippen LogP contribution in [0.1, 0.15) is 26.2 Å². The molecule has 1 saturated heterocycles. The van der Waals surface area contributed by atoms with Crippen molar-refractivity contribution in [3.05, 3.63) is 0 Å². The third kappa shape index (κ3) is 2.30. The molecular weight excluding hydrogens is 254 g/mol. The standard InChI is InChI=1S/C11H17N3OS2/c1-2-5-16-11-10(13-17-14-11)15-9-7-3-4-8(9)12-6-7/h7-9,12H,2-6H2,1H3. The topological polar surface area (TPSA) is 47.0 Å².